The highest BCUT2D eigenvalue weighted by molar-refractivity contribution is 7.15. The van der Waals surface area contributed by atoms with Gasteiger partial charge >= 0.3 is 5.97 Å². The van der Waals surface area contributed by atoms with Gasteiger partial charge in [-0.25, -0.2) is 4.79 Å². The number of thiophene rings is 1. The van der Waals surface area contributed by atoms with E-state index in [1.54, 1.807) is 31.5 Å². The Morgan fingerprint density at radius 3 is 2.41 bits per heavy atom. The van der Waals surface area contributed by atoms with Crippen LogP contribution in [0.5, 0.6) is 0 Å². The third kappa shape index (κ3) is 4.23. The third-order valence-corrected chi connectivity index (χ3v) is 5.01. The molecule has 0 aliphatic rings. The molecule has 1 aromatic carbocycles. The van der Waals surface area contributed by atoms with Crippen LogP contribution >= 0.6 is 11.3 Å². The average molecular weight is 380 g/mol. The van der Waals surface area contributed by atoms with Crippen LogP contribution in [0.1, 0.15) is 40.1 Å². The standard InChI is InChI=1S/C21H20N2O3S/c1-3-14-5-7-15(8-6-14)17-13-27-20(18(17)21(25)26-4-2)23-19(24)16-9-11-22-12-10-16/h5-13H,3-4H2,1-2H3,(H,23,24). The van der Waals surface area contributed by atoms with Crippen LogP contribution < -0.4 is 5.32 Å². The molecule has 5 nitrogen and oxygen atoms in total. The normalized spacial score (nSPS) is 10.4. The lowest BCUT2D eigenvalue weighted by Crippen LogP contribution is -2.14. The number of carbonyl (C=O) groups excluding carboxylic acids is 2. The Labute approximate surface area is 162 Å². The Balaban J connectivity index is 1.97. The molecule has 0 saturated heterocycles. The quantitative estimate of drug-likeness (QED) is 0.624. The second-order valence-corrected chi connectivity index (χ2v) is 6.69. The first-order valence-electron chi connectivity index (χ1n) is 8.73. The summed E-state index contributed by atoms with van der Waals surface area (Å²) in [6.07, 6.45) is 4.05. The lowest BCUT2D eigenvalue weighted by atomic mass is 10.0. The van der Waals surface area contributed by atoms with E-state index in [4.69, 9.17) is 4.74 Å². The Bertz CT molecular complexity index is 934. The molecular weight excluding hydrogens is 360 g/mol. The summed E-state index contributed by atoms with van der Waals surface area (Å²) in [5.74, 6) is -0.740. The van der Waals surface area contributed by atoms with Gasteiger partial charge in [0.25, 0.3) is 5.91 Å². The summed E-state index contributed by atoms with van der Waals surface area (Å²) in [6, 6.07) is 11.3. The molecule has 1 N–H and O–H groups in total. The van der Waals surface area contributed by atoms with Crippen molar-refractivity contribution in [2.24, 2.45) is 0 Å². The molecule has 0 aliphatic heterocycles. The highest BCUT2D eigenvalue weighted by Gasteiger charge is 2.23. The predicted molar refractivity (Wildman–Crippen MR) is 107 cm³/mol. The van der Waals surface area contributed by atoms with Crippen molar-refractivity contribution in [2.75, 3.05) is 11.9 Å². The van der Waals surface area contributed by atoms with Crippen LogP contribution in [-0.2, 0) is 11.2 Å². The predicted octanol–water partition coefficient (Wildman–Crippen LogP) is 4.80. The van der Waals surface area contributed by atoms with Gasteiger partial charge in [0.2, 0.25) is 0 Å². The fraction of sp³-hybridized carbons (Fsp3) is 0.190. The number of ether oxygens (including phenoxy) is 1. The van der Waals surface area contributed by atoms with Crippen LogP contribution in [0.2, 0.25) is 0 Å². The summed E-state index contributed by atoms with van der Waals surface area (Å²) >= 11 is 1.31. The fourth-order valence-corrected chi connectivity index (χ4v) is 3.62. The summed E-state index contributed by atoms with van der Waals surface area (Å²) in [5, 5.41) is 5.18. The first-order chi connectivity index (χ1) is 13.1. The molecule has 1 amide bonds. The molecule has 0 radical (unpaired) electrons. The topological polar surface area (TPSA) is 68.3 Å². The maximum Gasteiger partial charge on any atom is 0.341 e. The Hall–Kier alpha value is -2.99. The van der Waals surface area contributed by atoms with Crippen LogP contribution in [0.3, 0.4) is 0 Å². The number of amides is 1. The number of aryl methyl sites for hydroxylation is 1. The minimum Gasteiger partial charge on any atom is -0.462 e. The molecule has 2 heterocycles. The van der Waals surface area contributed by atoms with Crippen molar-refractivity contribution in [3.05, 3.63) is 70.9 Å². The first-order valence-corrected chi connectivity index (χ1v) is 9.61. The Morgan fingerprint density at radius 1 is 1.07 bits per heavy atom. The SMILES string of the molecule is CCOC(=O)c1c(-c2ccc(CC)cc2)csc1NC(=O)c1ccncc1. The Kier molecular flexibility index (Phi) is 5.98. The molecule has 0 fully saturated rings. The highest BCUT2D eigenvalue weighted by Crippen LogP contribution is 2.36. The van der Waals surface area contributed by atoms with Crippen molar-refractivity contribution >= 4 is 28.2 Å². The molecular formula is C21H20N2O3S. The molecule has 138 valence electrons. The van der Waals surface area contributed by atoms with Crippen LogP contribution in [0.25, 0.3) is 11.1 Å². The number of nitrogens with zero attached hydrogens (tertiary/aromatic N) is 1. The van der Waals surface area contributed by atoms with Crippen molar-refractivity contribution in [2.45, 2.75) is 20.3 Å². The minimum atomic E-state index is -0.446. The van der Waals surface area contributed by atoms with Crippen LogP contribution in [-0.4, -0.2) is 23.5 Å². The molecule has 0 unspecified atom stereocenters. The van der Waals surface area contributed by atoms with Gasteiger partial charge in [-0.05, 0) is 36.6 Å². The minimum absolute atomic E-state index is 0.265. The van der Waals surface area contributed by atoms with Crippen molar-refractivity contribution in [3.63, 3.8) is 0 Å². The van der Waals surface area contributed by atoms with Crippen LogP contribution in [0, 0.1) is 0 Å². The van der Waals surface area contributed by atoms with Gasteiger partial charge in [-0.3, -0.25) is 9.78 Å². The number of carbonyl (C=O) groups is 2. The highest BCUT2D eigenvalue weighted by atomic mass is 32.1. The van der Waals surface area contributed by atoms with Crippen molar-refractivity contribution in [1.82, 2.24) is 4.98 Å². The smallest absolute Gasteiger partial charge is 0.341 e. The zero-order valence-electron chi connectivity index (χ0n) is 15.2. The summed E-state index contributed by atoms with van der Waals surface area (Å²) in [6.45, 7) is 4.12. The number of hydrogen-bond donors (Lipinski definition) is 1. The molecule has 27 heavy (non-hydrogen) atoms. The van der Waals surface area contributed by atoms with Gasteiger partial charge < -0.3 is 10.1 Å². The molecule has 0 aliphatic carbocycles. The van der Waals surface area contributed by atoms with Gasteiger partial charge in [-0.15, -0.1) is 11.3 Å². The second-order valence-electron chi connectivity index (χ2n) is 5.81. The van der Waals surface area contributed by atoms with E-state index >= 15 is 0 Å². The van der Waals surface area contributed by atoms with E-state index in [1.807, 2.05) is 29.6 Å². The maximum absolute atomic E-state index is 12.6. The van der Waals surface area contributed by atoms with Crippen LogP contribution in [0.4, 0.5) is 5.00 Å². The number of nitrogens with one attached hydrogen (secondary N) is 1. The molecule has 0 saturated carbocycles. The molecule has 0 spiro atoms. The van der Waals surface area contributed by atoms with E-state index in [1.165, 1.54) is 16.9 Å². The van der Waals surface area contributed by atoms with Crippen LogP contribution in [0.15, 0.2) is 54.2 Å². The molecule has 0 bridgehead atoms. The van der Waals surface area contributed by atoms with Gasteiger partial charge in [-0.1, -0.05) is 31.2 Å². The number of hydrogen-bond acceptors (Lipinski definition) is 5. The monoisotopic (exact) mass is 380 g/mol. The second kappa shape index (κ2) is 8.60. The summed E-state index contributed by atoms with van der Waals surface area (Å²) in [4.78, 5) is 29.0. The fourth-order valence-electron chi connectivity index (χ4n) is 2.67. The number of rotatable bonds is 6. The number of aromatic nitrogens is 1. The Morgan fingerprint density at radius 2 is 1.78 bits per heavy atom. The van der Waals surface area contributed by atoms with Crippen molar-refractivity contribution < 1.29 is 14.3 Å². The van der Waals surface area contributed by atoms with Gasteiger partial charge in [0.05, 0.1) is 6.61 Å². The molecule has 3 rings (SSSR count). The maximum atomic E-state index is 12.6. The molecule has 6 heteroatoms. The van der Waals surface area contributed by atoms with E-state index in [9.17, 15) is 9.59 Å². The zero-order chi connectivity index (χ0) is 19.2. The molecule has 3 aromatic rings. The summed E-state index contributed by atoms with van der Waals surface area (Å²) < 4.78 is 5.23. The lowest BCUT2D eigenvalue weighted by molar-refractivity contribution is 0.0529. The average Bonchev–Trinajstić information content (AvgIpc) is 3.12. The zero-order valence-corrected chi connectivity index (χ0v) is 16.0. The number of anilines is 1. The number of pyridine rings is 1. The largest absolute Gasteiger partial charge is 0.462 e. The number of benzene rings is 1. The first kappa shape index (κ1) is 18.8. The van der Waals surface area contributed by atoms with Gasteiger partial charge in [0.1, 0.15) is 10.6 Å². The number of esters is 1. The van der Waals surface area contributed by atoms with E-state index < -0.39 is 5.97 Å². The van der Waals surface area contributed by atoms with E-state index in [0.29, 0.717) is 16.1 Å². The molecule has 2 aromatic heterocycles. The van der Waals surface area contributed by atoms with E-state index in [0.717, 1.165) is 17.5 Å². The van der Waals surface area contributed by atoms with Gasteiger partial charge in [0, 0.05) is 28.9 Å². The third-order valence-electron chi connectivity index (χ3n) is 4.11. The summed E-state index contributed by atoms with van der Waals surface area (Å²) in [5.41, 5.74) is 3.75. The lowest BCUT2D eigenvalue weighted by Gasteiger charge is -2.09. The van der Waals surface area contributed by atoms with Gasteiger partial charge in [-0.2, -0.15) is 0 Å². The van der Waals surface area contributed by atoms with Crippen molar-refractivity contribution in [1.29, 1.82) is 0 Å². The van der Waals surface area contributed by atoms with Gasteiger partial charge in [0.15, 0.2) is 0 Å². The van der Waals surface area contributed by atoms with E-state index in [2.05, 4.69) is 17.2 Å². The van der Waals surface area contributed by atoms with Crippen molar-refractivity contribution in [3.8, 4) is 11.1 Å². The van der Waals surface area contributed by atoms with E-state index in [-0.39, 0.29) is 12.5 Å². The summed E-state index contributed by atoms with van der Waals surface area (Å²) in [7, 11) is 0. The molecule has 0 atom stereocenters.